The third-order valence-electron chi connectivity index (χ3n) is 16.8. The van der Waals surface area contributed by atoms with Gasteiger partial charge < -0.3 is 20.3 Å². The van der Waals surface area contributed by atoms with E-state index in [0.717, 1.165) is 44.9 Å². The minimum Gasteiger partial charge on any atom is -0.466 e. The number of hydrogen-bond donors (Lipinski definition) is 3. The predicted octanol–water partition coefficient (Wildman–Crippen LogP) is 22.9. The van der Waals surface area contributed by atoms with E-state index in [1.807, 2.05) is 0 Å². The number of hydrogen-bond acceptors (Lipinski definition) is 5. The van der Waals surface area contributed by atoms with Crippen molar-refractivity contribution in [1.29, 1.82) is 0 Å². The monoisotopic (exact) mass is 1100 g/mol. The number of amides is 1. The maximum Gasteiger partial charge on any atom is 0.305 e. The van der Waals surface area contributed by atoms with Crippen LogP contribution in [0, 0.1) is 0 Å². The molecule has 0 saturated carbocycles. The molecule has 462 valence electrons. The highest BCUT2D eigenvalue weighted by Crippen LogP contribution is 2.19. The van der Waals surface area contributed by atoms with Gasteiger partial charge in [0.25, 0.3) is 0 Å². The summed E-state index contributed by atoms with van der Waals surface area (Å²) in [6.45, 7) is 4.99. The van der Waals surface area contributed by atoms with Gasteiger partial charge >= 0.3 is 5.97 Å². The number of allylic oxidation sites excluding steroid dienone is 4. The molecule has 0 heterocycles. The number of ether oxygens (including phenoxy) is 1. The van der Waals surface area contributed by atoms with E-state index >= 15 is 0 Å². The maximum absolute atomic E-state index is 12.5. The van der Waals surface area contributed by atoms with Crippen LogP contribution in [0.5, 0.6) is 0 Å². The Morgan fingerprint density at radius 2 is 0.641 bits per heavy atom. The first kappa shape index (κ1) is 76.3. The zero-order valence-corrected chi connectivity index (χ0v) is 52.9. The van der Waals surface area contributed by atoms with Crippen LogP contribution < -0.4 is 5.32 Å². The highest BCUT2D eigenvalue weighted by molar-refractivity contribution is 5.76. The Labute approximate surface area is 488 Å². The third-order valence-corrected chi connectivity index (χ3v) is 16.8. The molecule has 3 N–H and O–H groups in total. The molecule has 1 amide bonds. The first-order valence-corrected chi connectivity index (χ1v) is 35.6. The Bertz CT molecular complexity index is 1220. The van der Waals surface area contributed by atoms with E-state index in [9.17, 15) is 19.8 Å². The van der Waals surface area contributed by atoms with Crippen LogP contribution in [0.15, 0.2) is 24.3 Å². The summed E-state index contributed by atoms with van der Waals surface area (Å²) in [5.74, 6) is -0.0251. The number of nitrogens with one attached hydrogen (secondary N) is 1. The fourth-order valence-electron chi connectivity index (χ4n) is 11.3. The van der Waals surface area contributed by atoms with Gasteiger partial charge in [-0.15, -0.1) is 0 Å². The Hall–Kier alpha value is -1.66. The molecular formula is C72H139NO5. The summed E-state index contributed by atoms with van der Waals surface area (Å²) in [6, 6.07) is -0.547. The number of esters is 1. The van der Waals surface area contributed by atoms with E-state index in [1.165, 1.54) is 321 Å². The van der Waals surface area contributed by atoms with Gasteiger partial charge in [0.1, 0.15) is 0 Å². The van der Waals surface area contributed by atoms with Crippen LogP contribution >= 0.6 is 0 Å². The normalized spacial score (nSPS) is 12.6. The van der Waals surface area contributed by atoms with Crippen molar-refractivity contribution in [2.75, 3.05) is 13.2 Å². The smallest absolute Gasteiger partial charge is 0.305 e. The lowest BCUT2D eigenvalue weighted by atomic mass is 10.0. The lowest BCUT2D eigenvalue weighted by Crippen LogP contribution is -2.45. The second-order valence-electron chi connectivity index (χ2n) is 24.6. The molecule has 0 aliphatic carbocycles. The molecule has 0 aromatic carbocycles. The molecule has 0 aliphatic rings. The number of carbonyl (C=O) groups is 2. The fraction of sp³-hybridized carbons (Fsp3) is 0.917. The molecule has 0 aliphatic heterocycles. The Balaban J connectivity index is 3.43. The van der Waals surface area contributed by atoms with E-state index in [0.29, 0.717) is 25.9 Å². The van der Waals surface area contributed by atoms with Crippen LogP contribution in [0.1, 0.15) is 399 Å². The van der Waals surface area contributed by atoms with Gasteiger partial charge in [-0.3, -0.25) is 9.59 Å². The van der Waals surface area contributed by atoms with E-state index in [-0.39, 0.29) is 18.5 Å². The van der Waals surface area contributed by atoms with Gasteiger partial charge in [0.2, 0.25) is 5.91 Å². The molecule has 0 spiro atoms. The van der Waals surface area contributed by atoms with Crippen molar-refractivity contribution in [3.8, 4) is 0 Å². The number of aliphatic hydroxyl groups excluding tert-OH is 2. The Morgan fingerprint density at radius 3 is 0.974 bits per heavy atom. The standard InChI is InChI=1S/C72H139NO5/c1-3-5-7-9-11-13-15-17-18-19-20-21-25-28-31-34-37-41-44-48-52-56-60-64-70(75)69(68-74)73-71(76)65-61-57-53-49-45-42-38-35-32-29-26-23-22-24-27-30-33-36-39-43-47-51-55-59-63-67-78-72(77)66-62-58-54-50-46-40-16-14-12-10-8-6-4-2/h23-24,26-27,69-70,74-75H,3-22,25,28-68H2,1-2H3,(H,73,76)/b26-23-,27-24-. The quantitative estimate of drug-likeness (QED) is 0.0320. The van der Waals surface area contributed by atoms with Crippen molar-refractivity contribution in [2.45, 2.75) is 411 Å². The molecule has 2 atom stereocenters. The molecule has 0 bridgehead atoms. The number of rotatable bonds is 67. The van der Waals surface area contributed by atoms with Crippen LogP contribution in [0.25, 0.3) is 0 Å². The predicted molar refractivity (Wildman–Crippen MR) is 343 cm³/mol. The van der Waals surface area contributed by atoms with Gasteiger partial charge in [0.05, 0.1) is 25.4 Å². The molecule has 6 nitrogen and oxygen atoms in total. The van der Waals surface area contributed by atoms with Crippen LogP contribution in [0.3, 0.4) is 0 Å². The molecule has 78 heavy (non-hydrogen) atoms. The zero-order chi connectivity index (χ0) is 56.4. The molecule has 0 aromatic heterocycles. The van der Waals surface area contributed by atoms with Gasteiger partial charge in [0, 0.05) is 12.8 Å². The van der Waals surface area contributed by atoms with Gasteiger partial charge in [-0.1, -0.05) is 353 Å². The summed E-state index contributed by atoms with van der Waals surface area (Å²) in [4.78, 5) is 24.6. The number of carbonyl (C=O) groups excluding carboxylic acids is 2. The summed E-state index contributed by atoms with van der Waals surface area (Å²) < 4.78 is 5.48. The van der Waals surface area contributed by atoms with E-state index in [4.69, 9.17) is 4.74 Å². The van der Waals surface area contributed by atoms with Gasteiger partial charge in [0.15, 0.2) is 0 Å². The minimum atomic E-state index is -0.670. The highest BCUT2D eigenvalue weighted by Gasteiger charge is 2.20. The van der Waals surface area contributed by atoms with Crippen molar-refractivity contribution in [1.82, 2.24) is 5.32 Å². The van der Waals surface area contributed by atoms with Crippen molar-refractivity contribution >= 4 is 11.9 Å². The zero-order valence-electron chi connectivity index (χ0n) is 52.9. The topological polar surface area (TPSA) is 95.9 Å². The molecule has 6 heteroatoms. The molecule has 0 fully saturated rings. The van der Waals surface area contributed by atoms with E-state index < -0.39 is 12.1 Å². The molecule has 2 unspecified atom stereocenters. The highest BCUT2D eigenvalue weighted by atomic mass is 16.5. The lowest BCUT2D eigenvalue weighted by molar-refractivity contribution is -0.143. The van der Waals surface area contributed by atoms with Crippen molar-refractivity contribution in [2.24, 2.45) is 0 Å². The summed E-state index contributed by atoms with van der Waals surface area (Å²) >= 11 is 0. The number of aliphatic hydroxyl groups is 2. The average Bonchev–Trinajstić information content (AvgIpc) is 3.44. The third kappa shape index (κ3) is 63.5. The van der Waals surface area contributed by atoms with Gasteiger partial charge in [-0.05, 0) is 57.8 Å². The van der Waals surface area contributed by atoms with Crippen LogP contribution in [0.4, 0.5) is 0 Å². The molecule has 0 aromatic rings. The average molecular weight is 1100 g/mol. The van der Waals surface area contributed by atoms with Crippen LogP contribution in [0.2, 0.25) is 0 Å². The first-order valence-electron chi connectivity index (χ1n) is 35.6. The summed E-state index contributed by atoms with van der Waals surface area (Å²) in [6.07, 6.45) is 85.1. The summed E-state index contributed by atoms with van der Waals surface area (Å²) in [5, 5.41) is 23.4. The van der Waals surface area contributed by atoms with Crippen molar-refractivity contribution in [3.05, 3.63) is 24.3 Å². The maximum atomic E-state index is 12.5. The van der Waals surface area contributed by atoms with E-state index in [2.05, 4.69) is 43.5 Å². The molecule has 0 rings (SSSR count). The minimum absolute atomic E-state index is 0.0114. The fourth-order valence-corrected chi connectivity index (χ4v) is 11.3. The van der Waals surface area contributed by atoms with Crippen molar-refractivity contribution < 1.29 is 24.5 Å². The molecular weight excluding hydrogens is 959 g/mol. The number of unbranched alkanes of at least 4 members (excludes halogenated alkanes) is 52. The SMILES string of the molecule is CCCCCCCCCCCCCCCCCCCCCCCCCC(O)C(CO)NC(=O)CCCCCCCCCCC/C=C\C/C=C\CCCCCCCCCCCOC(=O)CCCCCCCCCCCCCCC. The van der Waals surface area contributed by atoms with Crippen molar-refractivity contribution in [3.63, 3.8) is 0 Å². The first-order chi connectivity index (χ1) is 38.5. The molecule has 0 saturated heterocycles. The van der Waals surface area contributed by atoms with Gasteiger partial charge in [-0.2, -0.15) is 0 Å². The second kappa shape index (κ2) is 67.8. The summed E-state index contributed by atoms with van der Waals surface area (Å²) in [7, 11) is 0. The summed E-state index contributed by atoms with van der Waals surface area (Å²) in [5.41, 5.74) is 0. The molecule has 0 radical (unpaired) electrons. The largest absolute Gasteiger partial charge is 0.466 e. The lowest BCUT2D eigenvalue weighted by Gasteiger charge is -2.22. The Kier molecular flexibility index (Phi) is 66.4. The van der Waals surface area contributed by atoms with E-state index in [1.54, 1.807) is 0 Å². The van der Waals surface area contributed by atoms with Crippen LogP contribution in [-0.4, -0.2) is 47.4 Å². The Morgan fingerprint density at radius 1 is 0.359 bits per heavy atom. The van der Waals surface area contributed by atoms with Gasteiger partial charge in [-0.25, -0.2) is 0 Å². The second-order valence-corrected chi connectivity index (χ2v) is 24.6. The van der Waals surface area contributed by atoms with Crippen LogP contribution in [-0.2, 0) is 14.3 Å².